The Labute approximate surface area is 191 Å². The van der Waals surface area contributed by atoms with Crippen molar-refractivity contribution in [2.24, 2.45) is 0 Å². The third-order valence-corrected chi connectivity index (χ3v) is 7.17. The van der Waals surface area contributed by atoms with Gasteiger partial charge in [0.05, 0.1) is 28.6 Å². The van der Waals surface area contributed by atoms with E-state index in [9.17, 15) is 14.0 Å². The van der Waals surface area contributed by atoms with Crippen LogP contribution >= 0.6 is 22.9 Å². The molecule has 3 heterocycles. The number of ether oxygens (including phenoxy) is 1. The molecule has 1 saturated heterocycles. The number of fused-ring (bicyclic) bond motifs is 2. The maximum absolute atomic E-state index is 13.7. The average molecular weight is 472 g/mol. The number of carbonyl (C=O) groups is 1. The van der Waals surface area contributed by atoms with E-state index in [1.54, 1.807) is 29.2 Å². The second kappa shape index (κ2) is 8.61. The minimum atomic E-state index is -0.386. The van der Waals surface area contributed by atoms with E-state index in [1.165, 1.54) is 12.1 Å². The van der Waals surface area contributed by atoms with Gasteiger partial charge in [-0.05, 0) is 43.2 Å². The van der Waals surface area contributed by atoms with Gasteiger partial charge in [0.15, 0.2) is 0 Å². The lowest BCUT2D eigenvalue weighted by Crippen LogP contribution is -2.37. The van der Waals surface area contributed by atoms with Crippen molar-refractivity contribution >= 4 is 49.8 Å². The first-order valence-electron chi connectivity index (χ1n) is 10.3. The van der Waals surface area contributed by atoms with Gasteiger partial charge in [-0.15, -0.1) is 11.3 Å². The standard InChI is InChI=1S/C23H19ClFN3O3S/c24-20-16-8-7-13(25)10-18(16)32-21(20)23(30)28(11-14-4-3-9-31-14)12-19-26-17-6-2-1-5-15(17)22(29)27-19/h1-2,5-8,10,14H,3-4,9,11-12H2,(H,26,27,29)/t14-/m1/s1. The number of para-hydroxylation sites is 1. The molecule has 0 bridgehead atoms. The predicted octanol–water partition coefficient (Wildman–Crippen LogP) is 4.75. The summed E-state index contributed by atoms with van der Waals surface area (Å²) in [4.78, 5) is 35.3. The summed E-state index contributed by atoms with van der Waals surface area (Å²) in [6, 6.07) is 11.3. The second-order valence-corrected chi connectivity index (χ2v) is 9.17. The van der Waals surface area contributed by atoms with Gasteiger partial charge in [-0.3, -0.25) is 9.59 Å². The third-order valence-electron chi connectivity index (χ3n) is 5.52. The van der Waals surface area contributed by atoms with Crippen LogP contribution in [0.3, 0.4) is 0 Å². The van der Waals surface area contributed by atoms with Crippen molar-refractivity contribution in [1.29, 1.82) is 0 Å². The normalized spacial score (nSPS) is 16.1. The van der Waals surface area contributed by atoms with E-state index in [0.717, 1.165) is 24.2 Å². The molecule has 1 atom stereocenters. The Morgan fingerprint density at radius 2 is 2.12 bits per heavy atom. The fourth-order valence-corrected chi connectivity index (χ4v) is 5.47. The third kappa shape index (κ3) is 4.01. The highest BCUT2D eigenvalue weighted by Gasteiger charge is 2.28. The van der Waals surface area contributed by atoms with Crippen LogP contribution in [0.15, 0.2) is 47.3 Å². The first-order chi connectivity index (χ1) is 15.5. The van der Waals surface area contributed by atoms with Crippen molar-refractivity contribution in [3.63, 3.8) is 0 Å². The number of carbonyl (C=O) groups excluding carboxylic acids is 1. The van der Waals surface area contributed by atoms with Gasteiger partial charge in [0.1, 0.15) is 16.5 Å². The van der Waals surface area contributed by atoms with Crippen LogP contribution in [0.5, 0.6) is 0 Å². The molecule has 2 aromatic heterocycles. The van der Waals surface area contributed by atoms with Crippen LogP contribution in [-0.4, -0.2) is 40.0 Å². The maximum Gasteiger partial charge on any atom is 0.266 e. The molecular formula is C23H19ClFN3O3S. The molecule has 0 aliphatic carbocycles. The van der Waals surface area contributed by atoms with Crippen LogP contribution in [0.1, 0.15) is 28.3 Å². The summed E-state index contributed by atoms with van der Waals surface area (Å²) in [6.45, 7) is 1.09. The Balaban J connectivity index is 1.51. The predicted molar refractivity (Wildman–Crippen MR) is 123 cm³/mol. The Hall–Kier alpha value is -2.81. The Morgan fingerprint density at radius 1 is 1.28 bits per heavy atom. The number of hydrogen-bond donors (Lipinski definition) is 1. The number of rotatable bonds is 5. The zero-order valence-corrected chi connectivity index (χ0v) is 18.5. The zero-order valence-electron chi connectivity index (χ0n) is 16.9. The molecule has 1 N–H and O–H groups in total. The van der Waals surface area contributed by atoms with Crippen LogP contribution in [0.2, 0.25) is 5.02 Å². The fraction of sp³-hybridized carbons (Fsp3) is 0.261. The highest BCUT2D eigenvalue weighted by molar-refractivity contribution is 7.21. The lowest BCUT2D eigenvalue weighted by atomic mass is 10.2. The molecule has 9 heteroatoms. The lowest BCUT2D eigenvalue weighted by Gasteiger charge is -2.25. The number of hydrogen-bond acceptors (Lipinski definition) is 5. The molecule has 6 nitrogen and oxygen atoms in total. The van der Waals surface area contributed by atoms with Gasteiger partial charge in [0, 0.05) is 23.2 Å². The monoisotopic (exact) mass is 471 g/mol. The van der Waals surface area contributed by atoms with Crippen molar-refractivity contribution in [3.05, 3.63) is 74.4 Å². The molecule has 4 aromatic rings. The van der Waals surface area contributed by atoms with Crippen LogP contribution < -0.4 is 5.56 Å². The van der Waals surface area contributed by atoms with Gasteiger partial charge in [0.25, 0.3) is 11.5 Å². The van der Waals surface area contributed by atoms with Gasteiger partial charge in [-0.1, -0.05) is 23.7 Å². The molecule has 32 heavy (non-hydrogen) atoms. The van der Waals surface area contributed by atoms with E-state index in [4.69, 9.17) is 16.3 Å². The van der Waals surface area contributed by atoms with Gasteiger partial charge < -0.3 is 14.6 Å². The SMILES string of the molecule is O=C(c1sc2cc(F)ccc2c1Cl)N(Cc1nc2ccccc2c(=O)[nH]1)C[C@H]1CCCO1. The molecular weight excluding hydrogens is 453 g/mol. The van der Waals surface area contributed by atoms with E-state index < -0.39 is 0 Å². The minimum absolute atomic E-state index is 0.0949. The molecule has 1 fully saturated rings. The summed E-state index contributed by atoms with van der Waals surface area (Å²) in [5.74, 6) is -0.310. The number of benzene rings is 2. The molecule has 2 aromatic carbocycles. The minimum Gasteiger partial charge on any atom is -0.376 e. The number of thiophene rings is 1. The van der Waals surface area contributed by atoms with E-state index in [1.807, 2.05) is 6.07 Å². The number of amides is 1. The summed E-state index contributed by atoms with van der Waals surface area (Å²) in [6.07, 6.45) is 1.68. The van der Waals surface area contributed by atoms with Gasteiger partial charge in [0.2, 0.25) is 0 Å². The lowest BCUT2D eigenvalue weighted by molar-refractivity contribution is 0.0505. The summed E-state index contributed by atoms with van der Waals surface area (Å²) in [7, 11) is 0. The van der Waals surface area contributed by atoms with E-state index in [0.29, 0.717) is 49.9 Å². The number of aromatic nitrogens is 2. The fourth-order valence-electron chi connectivity index (χ4n) is 3.96. The summed E-state index contributed by atoms with van der Waals surface area (Å²) in [5, 5.41) is 1.42. The van der Waals surface area contributed by atoms with Gasteiger partial charge in [-0.2, -0.15) is 0 Å². The molecule has 1 aliphatic rings. The molecule has 0 radical (unpaired) electrons. The van der Waals surface area contributed by atoms with Crippen LogP contribution in [-0.2, 0) is 11.3 Å². The zero-order chi connectivity index (χ0) is 22.2. The maximum atomic E-state index is 13.7. The highest BCUT2D eigenvalue weighted by Crippen LogP contribution is 2.36. The van der Waals surface area contributed by atoms with Crippen molar-refractivity contribution in [3.8, 4) is 0 Å². The Bertz CT molecular complexity index is 1380. The van der Waals surface area contributed by atoms with Crippen molar-refractivity contribution in [2.45, 2.75) is 25.5 Å². The number of nitrogens with one attached hydrogen (secondary N) is 1. The van der Waals surface area contributed by atoms with Gasteiger partial charge >= 0.3 is 0 Å². The quantitative estimate of drug-likeness (QED) is 0.455. The smallest absolute Gasteiger partial charge is 0.266 e. The molecule has 1 amide bonds. The average Bonchev–Trinajstić information content (AvgIpc) is 3.40. The summed E-state index contributed by atoms with van der Waals surface area (Å²) < 4.78 is 20.0. The first-order valence-corrected chi connectivity index (χ1v) is 11.5. The van der Waals surface area contributed by atoms with Crippen LogP contribution in [0, 0.1) is 5.82 Å². The van der Waals surface area contributed by atoms with Crippen molar-refractivity contribution in [1.82, 2.24) is 14.9 Å². The largest absolute Gasteiger partial charge is 0.376 e. The number of aromatic amines is 1. The Morgan fingerprint density at radius 3 is 2.94 bits per heavy atom. The molecule has 5 rings (SSSR count). The van der Waals surface area contributed by atoms with Crippen molar-refractivity contribution in [2.75, 3.05) is 13.2 Å². The van der Waals surface area contributed by atoms with Crippen LogP contribution in [0.25, 0.3) is 21.0 Å². The molecule has 0 unspecified atom stereocenters. The molecule has 0 spiro atoms. The molecule has 0 saturated carbocycles. The first kappa shape index (κ1) is 21.1. The number of nitrogens with zero attached hydrogens (tertiary/aromatic N) is 2. The Kier molecular flexibility index (Phi) is 5.67. The molecule has 164 valence electrons. The van der Waals surface area contributed by atoms with E-state index in [-0.39, 0.29) is 29.9 Å². The number of H-pyrrole nitrogens is 1. The van der Waals surface area contributed by atoms with Crippen molar-refractivity contribution < 1.29 is 13.9 Å². The number of halogens is 2. The van der Waals surface area contributed by atoms with Gasteiger partial charge in [-0.25, -0.2) is 9.37 Å². The second-order valence-electron chi connectivity index (χ2n) is 7.74. The van der Waals surface area contributed by atoms with Crippen LogP contribution in [0.4, 0.5) is 4.39 Å². The summed E-state index contributed by atoms with van der Waals surface area (Å²) in [5.41, 5.74) is 0.302. The summed E-state index contributed by atoms with van der Waals surface area (Å²) >= 11 is 7.66. The molecule has 1 aliphatic heterocycles. The van der Waals surface area contributed by atoms with E-state index in [2.05, 4.69) is 9.97 Å². The highest BCUT2D eigenvalue weighted by atomic mass is 35.5. The topological polar surface area (TPSA) is 75.3 Å². The van der Waals surface area contributed by atoms with E-state index >= 15 is 0 Å².